The zero-order chi connectivity index (χ0) is 10.9. The molecule has 1 aliphatic heterocycles. The van der Waals surface area contributed by atoms with Crippen LogP contribution in [0.1, 0.15) is 5.56 Å². The molecular formula is C11H13BrO2S. The van der Waals surface area contributed by atoms with Crippen molar-refractivity contribution in [3.8, 4) is 5.75 Å². The van der Waals surface area contributed by atoms with Crippen LogP contribution in [-0.4, -0.2) is 26.1 Å². The number of hydrogen-bond acceptors (Lipinski definition) is 3. The maximum Gasteiger partial charge on any atom is 0.122 e. The molecule has 4 heteroatoms. The van der Waals surface area contributed by atoms with Gasteiger partial charge in [-0.05, 0) is 18.2 Å². The van der Waals surface area contributed by atoms with Crippen LogP contribution in [0.3, 0.4) is 0 Å². The Kier molecular flexibility index (Phi) is 3.28. The lowest BCUT2D eigenvalue weighted by atomic mass is 9.80. The summed E-state index contributed by atoms with van der Waals surface area (Å²) < 4.78 is 11.7. The third-order valence-corrected chi connectivity index (χ3v) is 3.89. The van der Waals surface area contributed by atoms with E-state index in [9.17, 15) is 0 Å². The van der Waals surface area contributed by atoms with Crippen molar-refractivity contribution in [2.24, 2.45) is 0 Å². The molecule has 1 saturated heterocycles. The average Bonchev–Trinajstić information content (AvgIpc) is 2.17. The molecule has 1 aliphatic rings. The van der Waals surface area contributed by atoms with E-state index < -0.39 is 0 Å². The molecule has 0 aliphatic carbocycles. The van der Waals surface area contributed by atoms with Gasteiger partial charge in [0.1, 0.15) is 5.75 Å². The molecule has 0 spiro atoms. The molecule has 0 atom stereocenters. The molecule has 0 radical (unpaired) electrons. The van der Waals surface area contributed by atoms with Crippen LogP contribution < -0.4 is 4.74 Å². The summed E-state index contributed by atoms with van der Waals surface area (Å²) in [6.45, 7) is 1.45. The molecule has 1 aromatic carbocycles. The second-order valence-corrected chi connectivity index (χ2v) is 5.01. The van der Waals surface area contributed by atoms with E-state index in [0.29, 0.717) is 0 Å². The number of methoxy groups -OCH3 is 1. The monoisotopic (exact) mass is 288 g/mol. The highest BCUT2D eigenvalue weighted by atomic mass is 79.9. The van der Waals surface area contributed by atoms with Gasteiger partial charge in [0.25, 0.3) is 0 Å². The van der Waals surface area contributed by atoms with Gasteiger partial charge < -0.3 is 9.47 Å². The van der Waals surface area contributed by atoms with Crippen LogP contribution in [-0.2, 0) is 10.2 Å². The van der Waals surface area contributed by atoms with Crippen LogP contribution in [0.25, 0.3) is 0 Å². The molecular weight excluding hydrogens is 276 g/mol. The lowest BCUT2D eigenvalue weighted by Gasteiger charge is -2.41. The Bertz CT molecular complexity index is 358. The maximum atomic E-state index is 5.37. The van der Waals surface area contributed by atoms with Gasteiger partial charge in [0, 0.05) is 15.8 Å². The van der Waals surface area contributed by atoms with Crippen molar-refractivity contribution in [1.82, 2.24) is 0 Å². The van der Waals surface area contributed by atoms with Crippen molar-refractivity contribution < 1.29 is 9.47 Å². The van der Waals surface area contributed by atoms with E-state index in [4.69, 9.17) is 9.47 Å². The summed E-state index contributed by atoms with van der Waals surface area (Å²) in [7, 11) is 1.69. The van der Waals surface area contributed by atoms with E-state index >= 15 is 0 Å². The SMILES string of the molecule is COc1ccc(Br)cc1C1(CS)COC1. The van der Waals surface area contributed by atoms with Crippen LogP contribution in [0, 0.1) is 0 Å². The Morgan fingerprint density at radius 1 is 1.53 bits per heavy atom. The van der Waals surface area contributed by atoms with Crippen molar-refractivity contribution in [3.63, 3.8) is 0 Å². The smallest absolute Gasteiger partial charge is 0.122 e. The Balaban J connectivity index is 2.44. The highest BCUT2D eigenvalue weighted by Crippen LogP contribution is 2.40. The predicted molar refractivity (Wildman–Crippen MR) is 67.0 cm³/mol. The second kappa shape index (κ2) is 4.36. The molecule has 0 amide bonds. The minimum absolute atomic E-state index is 0.0260. The van der Waals surface area contributed by atoms with Gasteiger partial charge >= 0.3 is 0 Å². The van der Waals surface area contributed by atoms with Gasteiger partial charge in [0.15, 0.2) is 0 Å². The van der Waals surface area contributed by atoms with E-state index in [1.165, 1.54) is 5.56 Å². The fourth-order valence-electron chi connectivity index (χ4n) is 1.78. The molecule has 2 nitrogen and oxygen atoms in total. The van der Waals surface area contributed by atoms with Gasteiger partial charge in [0.2, 0.25) is 0 Å². The first-order valence-electron chi connectivity index (χ1n) is 4.74. The summed E-state index contributed by atoms with van der Waals surface area (Å²) >= 11 is 7.89. The molecule has 0 unspecified atom stereocenters. The van der Waals surface area contributed by atoms with E-state index in [1.807, 2.05) is 12.1 Å². The lowest BCUT2D eigenvalue weighted by molar-refractivity contribution is -0.0480. The van der Waals surface area contributed by atoms with Crippen LogP contribution >= 0.6 is 28.6 Å². The Hall–Kier alpha value is -0.190. The normalized spacial score (nSPS) is 18.3. The van der Waals surface area contributed by atoms with Crippen molar-refractivity contribution in [2.75, 3.05) is 26.1 Å². The number of ether oxygens (including phenoxy) is 2. The predicted octanol–water partition coefficient (Wildman–Crippen LogP) is 2.66. The summed E-state index contributed by atoms with van der Waals surface area (Å²) in [6, 6.07) is 6.05. The van der Waals surface area contributed by atoms with Crippen molar-refractivity contribution in [1.29, 1.82) is 0 Å². The third-order valence-electron chi connectivity index (χ3n) is 2.79. The van der Waals surface area contributed by atoms with Gasteiger partial charge in [-0.15, -0.1) is 0 Å². The van der Waals surface area contributed by atoms with Crippen LogP contribution in [0.15, 0.2) is 22.7 Å². The van der Waals surface area contributed by atoms with Gasteiger partial charge in [-0.25, -0.2) is 0 Å². The molecule has 1 aromatic rings. The molecule has 15 heavy (non-hydrogen) atoms. The molecule has 0 saturated carbocycles. The quantitative estimate of drug-likeness (QED) is 0.862. The average molecular weight is 289 g/mol. The summed E-state index contributed by atoms with van der Waals surface area (Å²) in [6.07, 6.45) is 0. The summed E-state index contributed by atoms with van der Waals surface area (Å²) in [5.41, 5.74) is 1.21. The fraction of sp³-hybridized carbons (Fsp3) is 0.455. The van der Waals surface area contributed by atoms with Crippen molar-refractivity contribution in [2.45, 2.75) is 5.41 Å². The summed E-state index contributed by atoms with van der Waals surface area (Å²) in [5.74, 6) is 1.69. The first-order valence-corrected chi connectivity index (χ1v) is 6.17. The lowest BCUT2D eigenvalue weighted by Crippen LogP contribution is -2.48. The van der Waals surface area contributed by atoms with Gasteiger partial charge in [-0.2, -0.15) is 12.6 Å². The molecule has 2 rings (SSSR count). The number of rotatable bonds is 3. The first kappa shape index (κ1) is 11.3. The van der Waals surface area contributed by atoms with E-state index in [1.54, 1.807) is 7.11 Å². The summed E-state index contributed by atoms with van der Waals surface area (Å²) in [5, 5.41) is 0. The minimum atomic E-state index is 0.0260. The van der Waals surface area contributed by atoms with Gasteiger partial charge in [-0.3, -0.25) is 0 Å². The second-order valence-electron chi connectivity index (χ2n) is 3.78. The molecule has 1 fully saturated rings. The molecule has 0 bridgehead atoms. The third kappa shape index (κ3) is 1.90. The summed E-state index contributed by atoms with van der Waals surface area (Å²) in [4.78, 5) is 0. The topological polar surface area (TPSA) is 18.5 Å². The fourth-order valence-corrected chi connectivity index (χ4v) is 2.49. The Morgan fingerprint density at radius 2 is 2.27 bits per heavy atom. The Labute approximate surface area is 103 Å². The molecule has 82 valence electrons. The van der Waals surface area contributed by atoms with Gasteiger partial charge in [-0.1, -0.05) is 15.9 Å². The highest BCUT2D eigenvalue weighted by Gasteiger charge is 2.41. The number of hydrogen-bond donors (Lipinski definition) is 1. The van der Waals surface area contributed by atoms with Crippen molar-refractivity contribution in [3.05, 3.63) is 28.2 Å². The number of benzene rings is 1. The van der Waals surface area contributed by atoms with E-state index in [2.05, 4.69) is 34.6 Å². The number of halogens is 1. The minimum Gasteiger partial charge on any atom is -0.496 e. The standard InChI is InChI=1S/C11H13BrO2S/c1-13-10-3-2-8(12)4-9(10)11(7-15)5-14-6-11/h2-4,15H,5-7H2,1H3. The largest absolute Gasteiger partial charge is 0.496 e. The zero-order valence-electron chi connectivity index (χ0n) is 8.50. The maximum absolute atomic E-state index is 5.37. The highest BCUT2D eigenvalue weighted by molar-refractivity contribution is 9.10. The van der Waals surface area contributed by atoms with Gasteiger partial charge in [0.05, 0.1) is 25.7 Å². The molecule has 0 aromatic heterocycles. The van der Waals surface area contributed by atoms with E-state index in [-0.39, 0.29) is 5.41 Å². The van der Waals surface area contributed by atoms with Crippen LogP contribution in [0.2, 0.25) is 0 Å². The molecule has 0 N–H and O–H groups in total. The number of thiol groups is 1. The van der Waals surface area contributed by atoms with Crippen LogP contribution in [0.5, 0.6) is 5.75 Å². The van der Waals surface area contributed by atoms with Crippen LogP contribution in [0.4, 0.5) is 0 Å². The molecule has 1 heterocycles. The first-order chi connectivity index (χ1) is 7.22. The van der Waals surface area contributed by atoms with Crippen molar-refractivity contribution >= 4 is 28.6 Å². The van der Waals surface area contributed by atoms with E-state index in [0.717, 1.165) is 29.2 Å². The Morgan fingerprint density at radius 3 is 2.73 bits per heavy atom. The zero-order valence-corrected chi connectivity index (χ0v) is 11.0.